The highest BCUT2D eigenvalue weighted by Crippen LogP contribution is 2.15. The van der Waals surface area contributed by atoms with E-state index in [4.69, 9.17) is 5.73 Å². The molecule has 0 atom stereocenters. The van der Waals surface area contributed by atoms with E-state index in [1.54, 1.807) is 0 Å². The number of hydrogen-bond acceptors (Lipinski definition) is 2. The van der Waals surface area contributed by atoms with Crippen LogP contribution in [0.15, 0.2) is 29.3 Å². The van der Waals surface area contributed by atoms with E-state index in [0.29, 0.717) is 5.96 Å². The molecule has 0 spiro atoms. The number of rotatable bonds is 4. The smallest absolute Gasteiger partial charge is 0.246 e. The Morgan fingerprint density at radius 1 is 1.39 bits per heavy atom. The van der Waals surface area contributed by atoms with E-state index in [2.05, 4.69) is 29.1 Å². The van der Waals surface area contributed by atoms with Crippen LogP contribution in [0.2, 0.25) is 0 Å². The third-order valence-corrected chi connectivity index (χ3v) is 4.11. The number of carbonyl (C=O) groups excluding carboxylic acids is 1. The maximum absolute atomic E-state index is 12.0. The van der Waals surface area contributed by atoms with Crippen molar-refractivity contribution in [2.24, 2.45) is 16.6 Å². The summed E-state index contributed by atoms with van der Waals surface area (Å²) in [5, 5.41) is 2.86. The SMILES string of the molecule is CCc1cccc(NC(=O)CN=C(N)N2CCC(C)CC2)c1.I. The summed E-state index contributed by atoms with van der Waals surface area (Å²) in [5.41, 5.74) is 7.98. The first-order chi connectivity index (χ1) is 10.6. The van der Waals surface area contributed by atoms with Crippen molar-refractivity contribution >= 4 is 41.5 Å². The Kier molecular flexibility index (Phi) is 8.36. The van der Waals surface area contributed by atoms with Crippen molar-refractivity contribution in [2.45, 2.75) is 33.1 Å². The number of likely N-dealkylation sites (tertiary alicyclic amines) is 1. The van der Waals surface area contributed by atoms with Gasteiger partial charge >= 0.3 is 0 Å². The zero-order valence-electron chi connectivity index (χ0n) is 13.9. The number of amides is 1. The fraction of sp³-hybridized carbons (Fsp3) is 0.529. The summed E-state index contributed by atoms with van der Waals surface area (Å²) in [6.45, 7) is 6.26. The largest absolute Gasteiger partial charge is 0.370 e. The Balaban J connectivity index is 0.00000264. The fourth-order valence-electron chi connectivity index (χ4n) is 2.56. The lowest BCUT2D eigenvalue weighted by atomic mass is 10.00. The minimum Gasteiger partial charge on any atom is -0.370 e. The maximum atomic E-state index is 12.0. The summed E-state index contributed by atoms with van der Waals surface area (Å²) in [6.07, 6.45) is 3.21. The Hall–Kier alpha value is -1.31. The lowest BCUT2D eigenvalue weighted by Crippen LogP contribution is -2.42. The van der Waals surface area contributed by atoms with E-state index in [0.717, 1.165) is 44.0 Å². The Morgan fingerprint density at radius 2 is 2.09 bits per heavy atom. The predicted molar refractivity (Wildman–Crippen MR) is 106 cm³/mol. The maximum Gasteiger partial charge on any atom is 0.246 e. The molecule has 23 heavy (non-hydrogen) atoms. The molecule has 128 valence electrons. The van der Waals surface area contributed by atoms with Crippen LogP contribution in [0, 0.1) is 5.92 Å². The summed E-state index contributed by atoms with van der Waals surface area (Å²) < 4.78 is 0. The molecule has 3 N–H and O–H groups in total. The van der Waals surface area contributed by atoms with Crippen molar-refractivity contribution in [3.8, 4) is 0 Å². The molecule has 0 saturated carbocycles. The molecule has 0 aromatic heterocycles. The van der Waals surface area contributed by atoms with Gasteiger partial charge in [-0.1, -0.05) is 26.0 Å². The topological polar surface area (TPSA) is 70.7 Å². The highest BCUT2D eigenvalue weighted by Gasteiger charge is 2.17. The highest BCUT2D eigenvalue weighted by atomic mass is 127. The molecule has 1 fully saturated rings. The number of aliphatic imine (C=N–C) groups is 1. The van der Waals surface area contributed by atoms with Crippen molar-refractivity contribution in [3.63, 3.8) is 0 Å². The fourth-order valence-corrected chi connectivity index (χ4v) is 2.56. The number of nitrogens with one attached hydrogen (secondary N) is 1. The molecule has 0 unspecified atom stereocenters. The number of nitrogens with two attached hydrogens (primary N) is 1. The van der Waals surface area contributed by atoms with Gasteiger partial charge in [-0.2, -0.15) is 0 Å². The van der Waals surface area contributed by atoms with Gasteiger partial charge in [-0.15, -0.1) is 24.0 Å². The standard InChI is InChI=1S/C17H26N4O.HI/c1-3-14-5-4-6-15(11-14)20-16(22)12-19-17(18)21-9-7-13(2)8-10-21;/h4-6,11,13H,3,7-10,12H2,1-2H3,(H2,18,19)(H,20,22);1H. The summed E-state index contributed by atoms with van der Waals surface area (Å²) in [7, 11) is 0. The molecule has 1 aliphatic heterocycles. The van der Waals surface area contributed by atoms with Gasteiger partial charge in [0.15, 0.2) is 5.96 Å². The van der Waals surface area contributed by atoms with E-state index in [1.807, 2.05) is 24.3 Å². The summed E-state index contributed by atoms with van der Waals surface area (Å²) in [6, 6.07) is 7.86. The van der Waals surface area contributed by atoms with Crippen LogP contribution < -0.4 is 11.1 Å². The normalized spacial score (nSPS) is 15.9. The molecule has 1 saturated heterocycles. The first-order valence-electron chi connectivity index (χ1n) is 8.02. The number of guanidine groups is 1. The Labute approximate surface area is 155 Å². The molecule has 1 amide bonds. The molecule has 0 radical (unpaired) electrons. The van der Waals surface area contributed by atoms with E-state index in [-0.39, 0.29) is 36.4 Å². The van der Waals surface area contributed by atoms with Gasteiger partial charge < -0.3 is 16.0 Å². The molecular formula is C17H27IN4O. The average molecular weight is 430 g/mol. The molecule has 6 heteroatoms. The van der Waals surface area contributed by atoms with Crippen LogP contribution >= 0.6 is 24.0 Å². The molecule has 5 nitrogen and oxygen atoms in total. The van der Waals surface area contributed by atoms with Gasteiger partial charge in [0.1, 0.15) is 6.54 Å². The molecule has 1 aliphatic rings. The van der Waals surface area contributed by atoms with Crippen molar-refractivity contribution in [3.05, 3.63) is 29.8 Å². The second-order valence-corrected chi connectivity index (χ2v) is 5.95. The van der Waals surface area contributed by atoms with Gasteiger partial charge in [0, 0.05) is 18.8 Å². The second kappa shape index (κ2) is 9.75. The summed E-state index contributed by atoms with van der Waals surface area (Å²) in [4.78, 5) is 18.2. The van der Waals surface area contributed by atoms with Crippen molar-refractivity contribution < 1.29 is 4.79 Å². The molecular weight excluding hydrogens is 403 g/mol. The first kappa shape index (κ1) is 19.7. The molecule has 1 aromatic rings. The van der Waals surface area contributed by atoms with Crippen LogP contribution in [0.25, 0.3) is 0 Å². The van der Waals surface area contributed by atoms with Crippen molar-refractivity contribution in [1.29, 1.82) is 0 Å². The second-order valence-electron chi connectivity index (χ2n) is 5.95. The van der Waals surface area contributed by atoms with Crippen LogP contribution in [0.5, 0.6) is 0 Å². The number of hydrogen-bond donors (Lipinski definition) is 2. The van der Waals surface area contributed by atoms with Crippen LogP contribution in [0.4, 0.5) is 5.69 Å². The van der Waals surface area contributed by atoms with Gasteiger partial charge in [-0.3, -0.25) is 4.79 Å². The van der Waals surface area contributed by atoms with E-state index in [9.17, 15) is 4.79 Å². The van der Waals surface area contributed by atoms with E-state index >= 15 is 0 Å². The van der Waals surface area contributed by atoms with Crippen LogP contribution in [0.3, 0.4) is 0 Å². The van der Waals surface area contributed by atoms with E-state index in [1.165, 1.54) is 5.56 Å². The molecule has 0 aliphatic carbocycles. The monoisotopic (exact) mass is 430 g/mol. The zero-order chi connectivity index (χ0) is 15.9. The number of piperidine rings is 1. The Morgan fingerprint density at radius 3 is 2.74 bits per heavy atom. The van der Waals surface area contributed by atoms with Crippen LogP contribution in [-0.2, 0) is 11.2 Å². The first-order valence-corrected chi connectivity index (χ1v) is 8.02. The third-order valence-electron chi connectivity index (χ3n) is 4.11. The van der Waals surface area contributed by atoms with Crippen LogP contribution in [-0.4, -0.2) is 36.4 Å². The molecule has 2 rings (SSSR count). The van der Waals surface area contributed by atoms with Gasteiger partial charge in [0.2, 0.25) is 5.91 Å². The van der Waals surface area contributed by atoms with Gasteiger partial charge in [-0.05, 0) is 42.9 Å². The van der Waals surface area contributed by atoms with Crippen molar-refractivity contribution in [1.82, 2.24) is 4.90 Å². The summed E-state index contributed by atoms with van der Waals surface area (Å²) >= 11 is 0. The molecule has 1 heterocycles. The minimum absolute atomic E-state index is 0. The highest BCUT2D eigenvalue weighted by molar-refractivity contribution is 14.0. The number of aryl methyl sites for hydroxylation is 1. The lowest BCUT2D eigenvalue weighted by molar-refractivity contribution is -0.114. The summed E-state index contributed by atoms with van der Waals surface area (Å²) in [5.74, 6) is 1.09. The Bertz CT molecular complexity index is 539. The predicted octanol–water partition coefficient (Wildman–Crippen LogP) is 2.85. The number of benzene rings is 1. The van der Waals surface area contributed by atoms with Crippen LogP contribution in [0.1, 0.15) is 32.3 Å². The van der Waals surface area contributed by atoms with Gasteiger partial charge in [0.05, 0.1) is 0 Å². The average Bonchev–Trinajstić information content (AvgIpc) is 2.53. The van der Waals surface area contributed by atoms with Gasteiger partial charge in [0.25, 0.3) is 0 Å². The van der Waals surface area contributed by atoms with Gasteiger partial charge in [-0.25, -0.2) is 4.99 Å². The quantitative estimate of drug-likeness (QED) is 0.439. The molecule has 1 aromatic carbocycles. The number of anilines is 1. The zero-order valence-corrected chi connectivity index (χ0v) is 16.2. The number of nitrogens with zero attached hydrogens (tertiary/aromatic N) is 2. The number of halogens is 1. The van der Waals surface area contributed by atoms with Crippen molar-refractivity contribution in [2.75, 3.05) is 25.0 Å². The molecule has 0 bridgehead atoms. The number of carbonyl (C=O) groups is 1. The van der Waals surface area contributed by atoms with E-state index < -0.39 is 0 Å². The lowest BCUT2D eigenvalue weighted by Gasteiger charge is -2.30. The minimum atomic E-state index is -0.137. The third kappa shape index (κ3) is 6.37.